The SMILES string of the molecule is CSc1ccc(C(CC(=O)O)NC(=O)Cn2nc(C)cc2C)cc1. The van der Waals surface area contributed by atoms with Crippen molar-refractivity contribution in [3.8, 4) is 0 Å². The second-order valence-corrected chi connectivity index (χ2v) is 6.46. The van der Waals surface area contributed by atoms with E-state index in [4.69, 9.17) is 5.11 Å². The van der Waals surface area contributed by atoms with Gasteiger partial charge in [0, 0.05) is 10.6 Å². The molecular formula is C17H21N3O3S. The minimum absolute atomic E-state index is 0.0681. The van der Waals surface area contributed by atoms with Crippen LogP contribution in [0, 0.1) is 13.8 Å². The fraction of sp³-hybridized carbons (Fsp3) is 0.353. The molecule has 2 N–H and O–H groups in total. The third kappa shape index (κ3) is 4.86. The van der Waals surface area contributed by atoms with Crippen LogP contribution in [0.25, 0.3) is 0 Å². The molecule has 0 aliphatic carbocycles. The van der Waals surface area contributed by atoms with Crippen LogP contribution in [0.15, 0.2) is 35.2 Å². The van der Waals surface area contributed by atoms with Crippen LogP contribution >= 0.6 is 11.8 Å². The Kier molecular flexibility index (Phi) is 6.03. The molecule has 6 nitrogen and oxygen atoms in total. The van der Waals surface area contributed by atoms with Crippen LogP contribution in [-0.4, -0.2) is 33.0 Å². The Labute approximate surface area is 145 Å². The first-order chi connectivity index (χ1) is 11.4. The highest BCUT2D eigenvalue weighted by Crippen LogP contribution is 2.21. The first kappa shape index (κ1) is 18.1. The van der Waals surface area contributed by atoms with E-state index in [1.54, 1.807) is 16.4 Å². The molecule has 2 rings (SSSR count). The Balaban J connectivity index is 2.11. The molecule has 2 aromatic rings. The van der Waals surface area contributed by atoms with E-state index in [-0.39, 0.29) is 18.9 Å². The monoisotopic (exact) mass is 347 g/mol. The highest BCUT2D eigenvalue weighted by Gasteiger charge is 2.19. The molecule has 0 saturated carbocycles. The Bertz CT molecular complexity index is 725. The molecule has 0 saturated heterocycles. The van der Waals surface area contributed by atoms with Gasteiger partial charge in [-0.05, 0) is 43.9 Å². The number of benzene rings is 1. The average Bonchev–Trinajstić information content (AvgIpc) is 2.83. The molecule has 0 fully saturated rings. The van der Waals surface area contributed by atoms with E-state index in [0.717, 1.165) is 21.8 Å². The van der Waals surface area contributed by atoms with E-state index in [2.05, 4.69) is 10.4 Å². The number of carbonyl (C=O) groups excluding carboxylic acids is 1. The number of amides is 1. The van der Waals surface area contributed by atoms with Crippen LogP contribution < -0.4 is 5.32 Å². The number of rotatable bonds is 7. The van der Waals surface area contributed by atoms with Gasteiger partial charge in [0.05, 0.1) is 18.2 Å². The third-order valence-electron chi connectivity index (χ3n) is 3.63. The standard InChI is InChI=1S/C17H21N3O3S/c1-11-8-12(2)20(19-11)10-16(21)18-15(9-17(22)23)13-4-6-14(24-3)7-5-13/h4-8,15H,9-10H2,1-3H3,(H,18,21)(H,22,23). The highest BCUT2D eigenvalue weighted by atomic mass is 32.2. The number of carboxylic acids is 1. The molecule has 1 aromatic heterocycles. The van der Waals surface area contributed by atoms with E-state index in [9.17, 15) is 9.59 Å². The van der Waals surface area contributed by atoms with Crippen molar-refractivity contribution in [1.29, 1.82) is 0 Å². The average molecular weight is 347 g/mol. The number of carbonyl (C=O) groups is 2. The lowest BCUT2D eigenvalue weighted by atomic mass is 10.0. The van der Waals surface area contributed by atoms with Gasteiger partial charge >= 0.3 is 5.97 Å². The molecule has 1 heterocycles. The zero-order valence-electron chi connectivity index (χ0n) is 13.9. The third-order valence-corrected chi connectivity index (χ3v) is 4.37. The lowest BCUT2D eigenvalue weighted by molar-refractivity contribution is -0.137. The number of carboxylic acid groups (broad SMARTS) is 1. The molecule has 128 valence electrons. The summed E-state index contributed by atoms with van der Waals surface area (Å²) in [5.41, 5.74) is 2.51. The Hall–Kier alpha value is -2.28. The van der Waals surface area contributed by atoms with Gasteiger partial charge in [-0.1, -0.05) is 12.1 Å². The maximum Gasteiger partial charge on any atom is 0.305 e. The van der Waals surface area contributed by atoms with Crippen molar-refractivity contribution in [1.82, 2.24) is 15.1 Å². The van der Waals surface area contributed by atoms with E-state index >= 15 is 0 Å². The summed E-state index contributed by atoms with van der Waals surface area (Å²) in [6, 6.07) is 8.86. The molecule has 1 amide bonds. The van der Waals surface area contributed by atoms with Gasteiger partial charge in [0.15, 0.2) is 0 Å². The fourth-order valence-corrected chi connectivity index (χ4v) is 2.88. The minimum Gasteiger partial charge on any atom is -0.481 e. The molecule has 0 aliphatic rings. The van der Waals surface area contributed by atoms with Crippen LogP contribution in [0.1, 0.15) is 29.4 Å². The normalized spacial score (nSPS) is 12.0. The zero-order chi connectivity index (χ0) is 17.7. The molecule has 0 spiro atoms. The number of aryl methyl sites for hydroxylation is 2. The minimum atomic E-state index is -0.958. The van der Waals surface area contributed by atoms with E-state index in [0.29, 0.717) is 0 Å². The molecular weight excluding hydrogens is 326 g/mol. The van der Waals surface area contributed by atoms with Gasteiger partial charge < -0.3 is 10.4 Å². The Morgan fingerprint density at radius 2 is 1.96 bits per heavy atom. The van der Waals surface area contributed by atoms with Crippen molar-refractivity contribution in [2.45, 2.75) is 37.8 Å². The Morgan fingerprint density at radius 1 is 1.29 bits per heavy atom. The topological polar surface area (TPSA) is 84.2 Å². The number of nitrogens with zero attached hydrogens (tertiary/aromatic N) is 2. The second kappa shape index (κ2) is 8.01. The number of thioether (sulfide) groups is 1. The molecule has 24 heavy (non-hydrogen) atoms. The molecule has 0 bridgehead atoms. The molecule has 1 atom stereocenters. The first-order valence-corrected chi connectivity index (χ1v) is 8.77. The van der Waals surface area contributed by atoms with Gasteiger partial charge in [-0.15, -0.1) is 11.8 Å². The van der Waals surface area contributed by atoms with Crippen LogP contribution in [-0.2, 0) is 16.1 Å². The maximum atomic E-state index is 12.3. The van der Waals surface area contributed by atoms with Crippen molar-refractivity contribution in [2.75, 3.05) is 6.26 Å². The lowest BCUT2D eigenvalue weighted by Crippen LogP contribution is -2.33. The van der Waals surface area contributed by atoms with Crippen LogP contribution in [0.3, 0.4) is 0 Å². The smallest absolute Gasteiger partial charge is 0.305 e. The number of hydrogen-bond donors (Lipinski definition) is 2. The first-order valence-electron chi connectivity index (χ1n) is 7.55. The number of aliphatic carboxylic acids is 1. The van der Waals surface area contributed by atoms with Crippen LogP contribution in [0.5, 0.6) is 0 Å². The summed E-state index contributed by atoms with van der Waals surface area (Å²) in [6.07, 6.45) is 1.81. The van der Waals surface area contributed by atoms with Crippen molar-refractivity contribution >= 4 is 23.6 Å². The van der Waals surface area contributed by atoms with Gasteiger partial charge in [-0.25, -0.2) is 0 Å². The van der Waals surface area contributed by atoms with E-state index in [1.165, 1.54) is 0 Å². The predicted molar refractivity (Wildman–Crippen MR) is 93.1 cm³/mol. The van der Waals surface area contributed by atoms with Gasteiger partial charge in [-0.3, -0.25) is 14.3 Å². The summed E-state index contributed by atoms with van der Waals surface area (Å²) in [4.78, 5) is 24.5. The molecule has 0 radical (unpaired) electrons. The van der Waals surface area contributed by atoms with E-state index < -0.39 is 12.0 Å². The van der Waals surface area contributed by atoms with Gasteiger partial charge in [0.25, 0.3) is 0 Å². The van der Waals surface area contributed by atoms with Crippen LogP contribution in [0.2, 0.25) is 0 Å². The second-order valence-electron chi connectivity index (χ2n) is 5.58. The van der Waals surface area contributed by atoms with Crippen molar-refractivity contribution < 1.29 is 14.7 Å². The van der Waals surface area contributed by atoms with Gasteiger partial charge in [-0.2, -0.15) is 5.10 Å². The molecule has 7 heteroatoms. The number of aromatic nitrogens is 2. The number of hydrogen-bond acceptors (Lipinski definition) is 4. The highest BCUT2D eigenvalue weighted by molar-refractivity contribution is 7.98. The maximum absolute atomic E-state index is 12.3. The van der Waals surface area contributed by atoms with E-state index in [1.807, 2.05) is 50.4 Å². The summed E-state index contributed by atoms with van der Waals surface area (Å²) < 4.78 is 1.61. The predicted octanol–water partition coefficient (Wildman–Crippen LogP) is 2.55. The molecule has 1 unspecified atom stereocenters. The lowest BCUT2D eigenvalue weighted by Gasteiger charge is -2.18. The number of nitrogens with one attached hydrogen (secondary N) is 1. The van der Waals surface area contributed by atoms with Gasteiger partial charge in [0.1, 0.15) is 6.54 Å². The summed E-state index contributed by atoms with van der Waals surface area (Å²) in [6.45, 7) is 3.81. The summed E-state index contributed by atoms with van der Waals surface area (Å²) in [5, 5.41) is 16.2. The van der Waals surface area contributed by atoms with Crippen molar-refractivity contribution in [2.24, 2.45) is 0 Å². The summed E-state index contributed by atoms with van der Waals surface area (Å²) >= 11 is 1.61. The Morgan fingerprint density at radius 3 is 2.46 bits per heavy atom. The molecule has 0 aliphatic heterocycles. The summed E-state index contributed by atoms with van der Waals surface area (Å²) in [7, 11) is 0. The zero-order valence-corrected chi connectivity index (χ0v) is 14.8. The largest absolute Gasteiger partial charge is 0.481 e. The van der Waals surface area contributed by atoms with Crippen LogP contribution in [0.4, 0.5) is 0 Å². The van der Waals surface area contributed by atoms with Crippen molar-refractivity contribution in [3.05, 3.63) is 47.3 Å². The fourth-order valence-electron chi connectivity index (χ4n) is 2.47. The quantitative estimate of drug-likeness (QED) is 0.752. The molecule has 1 aromatic carbocycles. The summed E-state index contributed by atoms with van der Waals surface area (Å²) in [5.74, 6) is -1.22. The van der Waals surface area contributed by atoms with Crippen molar-refractivity contribution in [3.63, 3.8) is 0 Å². The van der Waals surface area contributed by atoms with Gasteiger partial charge in [0.2, 0.25) is 5.91 Å².